The minimum atomic E-state index is -0.223. The Labute approximate surface area is 209 Å². The number of benzene rings is 1. The molecular weight excluding hydrogens is 468 g/mol. The van der Waals surface area contributed by atoms with Gasteiger partial charge in [-0.25, -0.2) is 14.6 Å². The number of nitrogens with zero attached hydrogens (tertiary/aromatic N) is 6. The third kappa shape index (κ3) is 5.18. The fourth-order valence-corrected chi connectivity index (χ4v) is 5.45. The molecule has 35 heavy (non-hydrogen) atoms. The van der Waals surface area contributed by atoms with Gasteiger partial charge >= 0.3 is 0 Å². The topological polar surface area (TPSA) is 96.6 Å². The summed E-state index contributed by atoms with van der Waals surface area (Å²) in [5.41, 5.74) is 2.07. The number of carbonyl (C=O) groups excluding carboxylic acids is 1. The van der Waals surface area contributed by atoms with E-state index in [0.717, 1.165) is 53.2 Å². The zero-order chi connectivity index (χ0) is 24.5. The predicted molar refractivity (Wildman–Crippen MR) is 135 cm³/mol. The predicted octanol–water partition coefficient (Wildman–Crippen LogP) is 2.74. The number of rotatable bonds is 6. The second-order valence-electron chi connectivity index (χ2n) is 9.49. The first-order valence-corrected chi connectivity index (χ1v) is 12.5. The van der Waals surface area contributed by atoms with Crippen molar-refractivity contribution in [3.05, 3.63) is 40.8 Å². The fraction of sp³-hybridized carbons (Fsp3) is 0.520. The number of aryl methyl sites for hydroxylation is 1. The molecule has 4 heterocycles. The molecule has 2 aliphatic rings. The maximum absolute atomic E-state index is 11.5. The van der Waals surface area contributed by atoms with Gasteiger partial charge in [-0.15, -0.1) is 0 Å². The van der Waals surface area contributed by atoms with Crippen LogP contribution in [0.4, 0.5) is 5.82 Å². The van der Waals surface area contributed by atoms with E-state index >= 15 is 0 Å². The van der Waals surface area contributed by atoms with Crippen molar-refractivity contribution in [2.24, 2.45) is 0 Å². The lowest BCUT2D eigenvalue weighted by Crippen LogP contribution is -2.44. The molecule has 2 aromatic heterocycles. The number of aliphatic hydroxyl groups excluding tert-OH is 1. The highest BCUT2D eigenvalue weighted by Gasteiger charge is 2.25. The molecule has 2 saturated heterocycles. The monoisotopic (exact) mass is 498 g/mol. The standard InChI is InChI=1S/C25H31ClN6O3/c1-16(34)13-30-5-3-18(4-6-30)21-10-23-19(9-22(21)26)12-27-32(23)25-11-24(28-17(2)29-25)31-7-8-35-20(14-31)15-33/h9-12,18,20,33H,3-8,13-15H2,1-2H3/t20-/m0/s1. The first kappa shape index (κ1) is 24.1. The number of aromatic nitrogens is 4. The summed E-state index contributed by atoms with van der Waals surface area (Å²) in [5.74, 6) is 2.68. The van der Waals surface area contributed by atoms with Gasteiger partial charge in [-0.1, -0.05) is 11.6 Å². The lowest BCUT2D eigenvalue weighted by molar-refractivity contribution is -0.118. The van der Waals surface area contributed by atoms with Gasteiger partial charge < -0.3 is 14.7 Å². The molecule has 0 unspecified atom stereocenters. The van der Waals surface area contributed by atoms with E-state index in [-0.39, 0.29) is 18.5 Å². The molecule has 1 N–H and O–H groups in total. The maximum atomic E-state index is 11.5. The number of likely N-dealkylation sites (tertiary alicyclic amines) is 1. The number of piperidine rings is 1. The highest BCUT2D eigenvalue weighted by molar-refractivity contribution is 6.32. The van der Waals surface area contributed by atoms with E-state index in [1.807, 2.05) is 29.9 Å². The van der Waals surface area contributed by atoms with Gasteiger partial charge in [0.05, 0.1) is 37.6 Å². The van der Waals surface area contributed by atoms with E-state index in [0.29, 0.717) is 43.8 Å². The second-order valence-corrected chi connectivity index (χ2v) is 9.90. The molecule has 0 saturated carbocycles. The Bertz CT molecular complexity index is 1220. The van der Waals surface area contributed by atoms with E-state index in [1.165, 1.54) is 0 Å². The van der Waals surface area contributed by atoms with Crippen molar-refractivity contribution < 1.29 is 14.6 Å². The number of aliphatic hydroxyl groups is 1. The summed E-state index contributed by atoms with van der Waals surface area (Å²) in [5, 5.41) is 15.9. The van der Waals surface area contributed by atoms with Crippen LogP contribution in [0.15, 0.2) is 24.4 Å². The summed E-state index contributed by atoms with van der Waals surface area (Å²) in [6.07, 6.45) is 3.52. The van der Waals surface area contributed by atoms with Crippen LogP contribution in [-0.2, 0) is 9.53 Å². The Balaban J connectivity index is 1.45. The van der Waals surface area contributed by atoms with Crippen LogP contribution in [0.25, 0.3) is 16.7 Å². The minimum absolute atomic E-state index is 0.0194. The molecule has 1 aromatic carbocycles. The SMILES string of the molecule is CC(=O)CN1CCC(c2cc3c(cnn3-c3cc(N4CCO[C@H](CO)C4)nc(C)n3)cc2Cl)CC1. The lowest BCUT2D eigenvalue weighted by atomic mass is 9.89. The summed E-state index contributed by atoms with van der Waals surface area (Å²) in [6, 6.07) is 6.07. The molecule has 0 bridgehead atoms. The molecule has 2 fully saturated rings. The number of hydrogen-bond acceptors (Lipinski definition) is 8. The van der Waals surface area contributed by atoms with Crippen LogP contribution in [0.1, 0.15) is 37.1 Å². The van der Waals surface area contributed by atoms with E-state index in [4.69, 9.17) is 16.3 Å². The number of anilines is 1. The third-order valence-corrected chi connectivity index (χ3v) is 7.18. The number of fused-ring (bicyclic) bond motifs is 1. The fourth-order valence-electron chi connectivity index (χ4n) is 5.12. The van der Waals surface area contributed by atoms with Gasteiger partial charge in [0.2, 0.25) is 0 Å². The van der Waals surface area contributed by atoms with Crippen molar-refractivity contribution in [1.82, 2.24) is 24.6 Å². The van der Waals surface area contributed by atoms with Gasteiger partial charge in [0.1, 0.15) is 17.4 Å². The third-order valence-electron chi connectivity index (χ3n) is 6.85. The van der Waals surface area contributed by atoms with Gasteiger partial charge in [-0.2, -0.15) is 5.10 Å². The number of morpholine rings is 1. The Morgan fingerprint density at radius 1 is 1.17 bits per heavy atom. The van der Waals surface area contributed by atoms with E-state index in [1.54, 1.807) is 6.92 Å². The quantitative estimate of drug-likeness (QED) is 0.554. The van der Waals surface area contributed by atoms with Crippen LogP contribution in [0, 0.1) is 6.92 Å². The Morgan fingerprint density at radius 2 is 1.94 bits per heavy atom. The molecule has 186 valence electrons. The largest absolute Gasteiger partial charge is 0.394 e. The van der Waals surface area contributed by atoms with Gasteiger partial charge in [-0.05, 0) is 63.4 Å². The first-order valence-electron chi connectivity index (χ1n) is 12.1. The van der Waals surface area contributed by atoms with Crippen molar-refractivity contribution in [3.63, 3.8) is 0 Å². The molecule has 9 nitrogen and oxygen atoms in total. The van der Waals surface area contributed by atoms with Crippen LogP contribution in [-0.4, -0.2) is 87.6 Å². The van der Waals surface area contributed by atoms with Gasteiger partial charge in [0.15, 0.2) is 5.82 Å². The second kappa shape index (κ2) is 10.2. The maximum Gasteiger partial charge on any atom is 0.159 e. The number of ketones is 1. The van der Waals surface area contributed by atoms with E-state index in [2.05, 4.69) is 30.9 Å². The zero-order valence-electron chi connectivity index (χ0n) is 20.2. The summed E-state index contributed by atoms with van der Waals surface area (Å²) < 4.78 is 7.44. The minimum Gasteiger partial charge on any atom is -0.394 e. The van der Waals surface area contributed by atoms with Crippen LogP contribution in [0.2, 0.25) is 5.02 Å². The van der Waals surface area contributed by atoms with Crippen molar-refractivity contribution in [2.45, 2.75) is 38.7 Å². The summed E-state index contributed by atoms with van der Waals surface area (Å²) >= 11 is 6.72. The zero-order valence-corrected chi connectivity index (χ0v) is 20.9. The normalized spacial score (nSPS) is 20.0. The molecule has 0 aliphatic carbocycles. The van der Waals surface area contributed by atoms with Gasteiger partial charge in [0, 0.05) is 29.6 Å². The van der Waals surface area contributed by atoms with Crippen LogP contribution < -0.4 is 4.90 Å². The Hall–Kier alpha value is -2.59. The summed E-state index contributed by atoms with van der Waals surface area (Å²) in [4.78, 5) is 25.1. The van der Waals surface area contributed by atoms with Crippen LogP contribution in [0.3, 0.4) is 0 Å². The first-order chi connectivity index (χ1) is 16.9. The number of Topliss-reactive ketones (excluding diaryl/α,β-unsaturated/α-hetero) is 1. The van der Waals surface area contributed by atoms with Crippen molar-refractivity contribution in [1.29, 1.82) is 0 Å². The molecule has 5 rings (SSSR count). The number of halogens is 1. The number of hydrogen-bond donors (Lipinski definition) is 1. The number of ether oxygens (including phenoxy) is 1. The van der Waals surface area contributed by atoms with Crippen molar-refractivity contribution in [2.75, 3.05) is 50.8 Å². The van der Waals surface area contributed by atoms with Crippen molar-refractivity contribution in [3.8, 4) is 5.82 Å². The molecule has 0 radical (unpaired) electrons. The van der Waals surface area contributed by atoms with Crippen LogP contribution >= 0.6 is 11.6 Å². The molecule has 3 aromatic rings. The van der Waals surface area contributed by atoms with Gasteiger partial charge in [-0.3, -0.25) is 9.69 Å². The molecule has 2 aliphatic heterocycles. The average molecular weight is 499 g/mol. The summed E-state index contributed by atoms with van der Waals surface area (Å²) in [7, 11) is 0. The lowest BCUT2D eigenvalue weighted by Gasteiger charge is -2.33. The highest BCUT2D eigenvalue weighted by Crippen LogP contribution is 2.36. The van der Waals surface area contributed by atoms with Crippen molar-refractivity contribution >= 4 is 34.1 Å². The van der Waals surface area contributed by atoms with E-state index < -0.39 is 0 Å². The average Bonchev–Trinajstić information content (AvgIpc) is 3.26. The molecule has 10 heteroatoms. The van der Waals surface area contributed by atoms with Gasteiger partial charge in [0.25, 0.3) is 0 Å². The Morgan fingerprint density at radius 3 is 2.69 bits per heavy atom. The Kier molecular flexibility index (Phi) is 7.02. The molecule has 1 atom stereocenters. The number of carbonyl (C=O) groups is 1. The van der Waals surface area contributed by atoms with Crippen LogP contribution in [0.5, 0.6) is 0 Å². The smallest absolute Gasteiger partial charge is 0.159 e. The van der Waals surface area contributed by atoms with E-state index in [9.17, 15) is 9.90 Å². The highest BCUT2D eigenvalue weighted by atomic mass is 35.5. The summed E-state index contributed by atoms with van der Waals surface area (Å²) in [6.45, 7) is 7.62. The molecular formula is C25H31ClN6O3. The molecule has 0 amide bonds. The molecule has 0 spiro atoms.